The minimum atomic E-state index is 0.0411. The second-order valence-electron chi connectivity index (χ2n) is 4.99. The van der Waals surface area contributed by atoms with E-state index >= 15 is 0 Å². The number of hydrogen-bond acceptors (Lipinski definition) is 3. The number of nitrogens with zero attached hydrogens (tertiary/aromatic N) is 1. The summed E-state index contributed by atoms with van der Waals surface area (Å²) >= 11 is 4.93. The molecule has 4 nitrogen and oxygen atoms in total. The predicted octanol–water partition coefficient (Wildman–Crippen LogP) is 0.796. The maximum Gasteiger partial charge on any atom is 0.237 e. The van der Waals surface area contributed by atoms with Crippen LogP contribution in [0.25, 0.3) is 0 Å². The topological polar surface area (TPSA) is 58.4 Å². The van der Waals surface area contributed by atoms with Gasteiger partial charge >= 0.3 is 0 Å². The second-order valence-corrected chi connectivity index (χ2v) is 5.51. The van der Waals surface area contributed by atoms with E-state index in [1.807, 2.05) is 0 Å². The Balaban J connectivity index is 1.97. The van der Waals surface area contributed by atoms with Crippen LogP contribution in [-0.2, 0) is 4.79 Å². The van der Waals surface area contributed by atoms with Gasteiger partial charge in [-0.05, 0) is 32.1 Å². The van der Waals surface area contributed by atoms with Crippen molar-refractivity contribution in [2.75, 3.05) is 13.1 Å². The van der Waals surface area contributed by atoms with Crippen molar-refractivity contribution in [2.24, 2.45) is 5.73 Å². The quantitative estimate of drug-likeness (QED) is 0.713. The highest BCUT2D eigenvalue weighted by molar-refractivity contribution is 7.80. The van der Waals surface area contributed by atoms with Crippen LogP contribution in [0, 0.1) is 0 Å². The molecule has 2 fully saturated rings. The first kappa shape index (κ1) is 12.8. The summed E-state index contributed by atoms with van der Waals surface area (Å²) in [5.74, 6) is 0.192. The van der Waals surface area contributed by atoms with E-state index in [1.165, 1.54) is 12.8 Å². The van der Waals surface area contributed by atoms with E-state index in [0.29, 0.717) is 11.0 Å². The molecule has 0 radical (unpaired) electrons. The molecule has 1 aliphatic carbocycles. The van der Waals surface area contributed by atoms with Crippen LogP contribution in [0.5, 0.6) is 0 Å². The summed E-state index contributed by atoms with van der Waals surface area (Å²) in [6.07, 6.45) is 6.33. The van der Waals surface area contributed by atoms with E-state index in [4.69, 9.17) is 18.0 Å². The highest BCUT2D eigenvalue weighted by atomic mass is 32.1. The van der Waals surface area contributed by atoms with Crippen LogP contribution in [0.15, 0.2) is 0 Å². The van der Waals surface area contributed by atoms with Crippen LogP contribution in [0.4, 0.5) is 0 Å². The van der Waals surface area contributed by atoms with Crippen LogP contribution in [0.2, 0.25) is 0 Å². The van der Waals surface area contributed by atoms with Crippen LogP contribution in [0.3, 0.4) is 0 Å². The zero-order chi connectivity index (χ0) is 12.3. The summed E-state index contributed by atoms with van der Waals surface area (Å²) < 4.78 is 0. The molecule has 5 heteroatoms. The third-order valence-corrected chi connectivity index (χ3v) is 3.74. The summed E-state index contributed by atoms with van der Waals surface area (Å²) in [6, 6.07) is 0.623. The number of nitrogens with two attached hydrogens (primary N) is 1. The van der Waals surface area contributed by atoms with Crippen LogP contribution < -0.4 is 11.1 Å². The van der Waals surface area contributed by atoms with Gasteiger partial charge in [-0.1, -0.05) is 12.2 Å². The Morgan fingerprint density at radius 3 is 2.82 bits per heavy atom. The molecule has 2 rings (SSSR count). The number of rotatable bonds is 5. The summed E-state index contributed by atoms with van der Waals surface area (Å²) in [7, 11) is 0. The summed E-state index contributed by atoms with van der Waals surface area (Å²) in [5, 5.41) is 3.00. The predicted molar refractivity (Wildman–Crippen MR) is 71.8 cm³/mol. The molecule has 17 heavy (non-hydrogen) atoms. The fraction of sp³-hybridized carbons (Fsp3) is 0.833. The zero-order valence-electron chi connectivity index (χ0n) is 10.2. The van der Waals surface area contributed by atoms with Crippen molar-refractivity contribution in [3.63, 3.8) is 0 Å². The number of thiocarbonyl (C=S) groups is 1. The maximum absolute atomic E-state index is 12.0. The standard InChI is InChI=1S/C12H21N3OS/c13-11(17)6-8-15(9-4-5-9)10-3-1-2-7-14-12(10)16/h9-10H,1-8H2,(H2,13,17)(H,14,16). The number of carbonyl (C=O) groups excluding carboxylic acids is 1. The Kier molecular flexibility index (Phi) is 4.34. The van der Waals surface area contributed by atoms with Crippen LogP contribution in [-0.4, -0.2) is 41.0 Å². The third-order valence-electron chi connectivity index (χ3n) is 3.54. The number of amides is 1. The van der Waals surface area contributed by atoms with Crippen molar-refractivity contribution in [1.29, 1.82) is 0 Å². The molecule has 1 saturated carbocycles. The van der Waals surface area contributed by atoms with Crippen molar-refractivity contribution in [2.45, 2.75) is 50.6 Å². The van der Waals surface area contributed by atoms with Crippen molar-refractivity contribution >= 4 is 23.1 Å². The first-order chi connectivity index (χ1) is 8.18. The highest BCUT2D eigenvalue weighted by Crippen LogP contribution is 2.30. The van der Waals surface area contributed by atoms with E-state index in [9.17, 15) is 4.79 Å². The smallest absolute Gasteiger partial charge is 0.237 e. The van der Waals surface area contributed by atoms with E-state index in [-0.39, 0.29) is 11.9 Å². The van der Waals surface area contributed by atoms with E-state index in [2.05, 4.69) is 10.2 Å². The minimum absolute atomic E-state index is 0.0411. The van der Waals surface area contributed by atoms with Crippen molar-refractivity contribution in [3.8, 4) is 0 Å². The molecular weight excluding hydrogens is 234 g/mol. The fourth-order valence-electron chi connectivity index (χ4n) is 2.48. The molecule has 1 saturated heterocycles. The van der Waals surface area contributed by atoms with Crippen LogP contribution >= 0.6 is 12.2 Å². The Morgan fingerprint density at radius 2 is 2.18 bits per heavy atom. The van der Waals surface area contributed by atoms with Crippen molar-refractivity contribution in [3.05, 3.63) is 0 Å². The molecule has 1 amide bonds. The monoisotopic (exact) mass is 255 g/mol. The van der Waals surface area contributed by atoms with Gasteiger partial charge in [0.2, 0.25) is 5.91 Å². The molecule has 3 N–H and O–H groups in total. The summed E-state index contributed by atoms with van der Waals surface area (Å²) in [5.41, 5.74) is 5.56. The fourth-order valence-corrected chi connectivity index (χ4v) is 2.57. The van der Waals surface area contributed by atoms with E-state index < -0.39 is 0 Å². The van der Waals surface area contributed by atoms with Gasteiger partial charge in [-0.15, -0.1) is 0 Å². The van der Waals surface area contributed by atoms with E-state index in [0.717, 1.165) is 38.8 Å². The molecule has 96 valence electrons. The van der Waals surface area contributed by atoms with Gasteiger partial charge in [0.15, 0.2) is 0 Å². The molecular formula is C12H21N3OS. The van der Waals surface area contributed by atoms with Gasteiger partial charge in [0.05, 0.1) is 11.0 Å². The minimum Gasteiger partial charge on any atom is -0.393 e. The Hall–Kier alpha value is -0.680. The highest BCUT2D eigenvalue weighted by Gasteiger charge is 2.37. The largest absolute Gasteiger partial charge is 0.393 e. The van der Waals surface area contributed by atoms with Gasteiger partial charge in [0.25, 0.3) is 0 Å². The van der Waals surface area contributed by atoms with Crippen LogP contribution in [0.1, 0.15) is 38.5 Å². The molecule has 1 atom stereocenters. The van der Waals surface area contributed by atoms with Gasteiger partial charge in [0.1, 0.15) is 0 Å². The number of nitrogens with one attached hydrogen (secondary N) is 1. The SMILES string of the molecule is NC(=S)CCN(C1CC1)C1CCCCNC1=O. The van der Waals surface area contributed by atoms with Gasteiger partial charge in [-0.25, -0.2) is 0 Å². The average molecular weight is 255 g/mol. The average Bonchev–Trinajstić information content (AvgIpc) is 3.08. The number of hydrogen-bond donors (Lipinski definition) is 2. The molecule has 0 bridgehead atoms. The first-order valence-electron chi connectivity index (χ1n) is 6.50. The van der Waals surface area contributed by atoms with E-state index in [1.54, 1.807) is 0 Å². The normalized spacial score (nSPS) is 25.5. The van der Waals surface area contributed by atoms with Gasteiger partial charge in [-0.2, -0.15) is 0 Å². The lowest BCUT2D eigenvalue weighted by atomic mass is 10.1. The summed E-state index contributed by atoms with van der Waals surface area (Å²) in [4.78, 5) is 14.9. The number of carbonyl (C=O) groups is 1. The Bertz CT molecular complexity index is 304. The van der Waals surface area contributed by atoms with Gasteiger partial charge < -0.3 is 11.1 Å². The van der Waals surface area contributed by atoms with Crippen molar-refractivity contribution < 1.29 is 4.79 Å². The van der Waals surface area contributed by atoms with Crippen molar-refractivity contribution in [1.82, 2.24) is 10.2 Å². The molecule has 0 aromatic carbocycles. The molecule has 0 spiro atoms. The lowest BCUT2D eigenvalue weighted by Crippen LogP contribution is -2.47. The third kappa shape index (κ3) is 3.64. The second kappa shape index (κ2) is 5.78. The molecule has 0 aromatic rings. The summed E-state index contributed by atoms with van der Waals surface area (Å²) in [6.45, 7) is 1.65. The molecule has 0 aromatic heterocycles. The molecule has 2 aliphatic rings. The Labute approximate surface area is 108 Å². The van der Waals surface area contributed by atoms with Gasteiger partial charge in [0, 0.05) is 25.6 Å². The first-order valence-corrected chi connectivity index (χ1v) is 6.91. The molecule has 1 unspecified atom stereocenters. The van der Waals surface area contributed by atoms with Gasteiger partial charge in [-0.3, -0.25) is 9.69 Å². The maximum atomic E-state index is 12.0. The Morgan fingerprint density at radius 1 is 1.41 bits per heavy atom. The molecule has 1 aliphatic heterocycles. The zero-order valence-corrected chi connectivity index (χ0v) is 11.0. The lowest BCUT2D eigenvalue weighted by Gasteiger charge is -2.29. The molecule has 1 heterocycles. The lowest BCUT2D eigenvalue weighted by molar-refractivity contribution is -0.126.